The van der Waals surface area contributed by atoms with Gasteiger partial charge in [-0.2, -0.15) is 0 Å². The Kier molecular flexibility index (Phi) is 6.34. The van der Waals surface area contributed by atoms with Crippen LogP contribution in [0.15, 0.2) is 71.9 Å². The zero-order valence-electron chi connectivity index (χ0n) is 17.9. The molecule has 0 aliphatic heterocycles. The first-order valence-corrected chi connectivity index (χ1v) is 12.7. The van der Waals surface area contributed by atoms with Gasteiger partial charge in [-0.25, -0.2) is 13.4 Å². The van der Waals surface area contributed by atoms with Gasteiger partial charge >= 0.3 is 0 Å². The number of aromatic nitrogens is 2. The molecule has 2 aromatic heterocycles. The third-order valence-electron chi connectivity index (χ3n) is 5.09. The number of aryl methyl sites for hydroxylation is 2. The van der Waals surface area contributed by atoms with Crippen LogP contribution in [0.25, 0.3) is 10.2 Å². The number of amides is 1. The predicted molar refractivity (Wildman–Crippen MR) is 128 cm³/mol. The van der Waals surface area contributed by atoms with Gasteiger partial charge in [0.25, 0.3) is 0 Å². The van der Waals surface area contributed by atoms with Crippen molar-refractivity contribution in [3.63, 3.8) is 0 Å². The van der Waals surface area contributed by atoms with Gasteiger partial charge in [-0.1, -0.05) is 41.7 Å². The van der Waals surface area contributed by atoms with E-state index in [9.17, 15) is 13.2 Å². The molecule has 0 saturated heterocycles. The van der Waals surface area contributed by atoms with Crippen LogP contribution in [0.4, 0.5) is 5.13 Å². The number of hydrogen-bond acceptors (Lipinski definition) is 6. The highest BCUT2D eigenvalue weighted by atomic mass is 32.2. The summed E-state index contributed by atoms with van der Waals surface area (Å²) in [6, 6.07) is 16.0. The summed E-state index contributed by atoms with van der Waals surface area (Å²) < 4.78 is 26.4. The summed E-state index contributed by atoms with van der Waals surface area (Å²) in [5.74, 6) is -0.551. The summed E-state index contributed by atoms with van der Waals surface area (Å²) in [5, 5.41) is 0.555. The van der Waals surface area contributed by atoms with Crippen molar-refractivity contribution >= 4 is 42.4 Å². The first kappa shape index (κ1) is 22.1. The second-order valence-corrected chi connectivity index (χ2v) is 10.7. The van der Waals surface area contributed by atoms with Gasteiger partial charge in [0.05, 0.1) is 27.4 Å². The quantitative estimate of drug-likeness (QED) is 0.395. The van der Waals surface area contributed by atoms with Crippen molar-refractivity contribution in [1.82, 2.24) is 9.97 Å². The van der Waals surface area contributed by atoms with Gasteiger partial charge in [0.1, 0.15) is 0 Å². The molecule has 0 aliphatic rings. The van der Waals surface area contributed by atoms with Crippen LogP contribution in [-0.2, 0) is 21.2 Å². The monoisotopic (exact) mass is 465 g/mol. The maximum Gasteiger partial charge on any atom is 0.230 e. The Hall–Kier alpha value is -3.10. The molecule has 0 N–H and O–H groups in total. The summed E-state index contributed by atoms with van der Waals surface area (Å²) in [4.78, 5) is 23.9. The Bertz CT molecular complexity index is 1350. The minimum absolute atomic E-state index is 0.134. The van der Waals surface area contributed by atoms with Gasteiger partial charge in [-0.15, -0.1) is 0 Å². The van der Waals surface area contributed by atoms with Gasteiger partial charge in [-0.3, -0.25) is 14.7 Å². The second kappa shape index (κ2) is 9.18. The highest BCUT2D eigenvalue weighted by Gasteiger charge is 2.24. The van der Waals surface area contributed by atoms with Crippen molar-refractivity contribution < 1.29 is 13.2 Å². The van der Waals surface area contributed by atoms with Gasteiger partial charge < -0.3 is 0 Å². The molecule has 0 atom stereocenters. The first-order valence-electron chi connectivity index (χ1n) is 10.2. The maximum atomic E-state index is 13.3. The topological polar surface area (TPSA) is 80.2 Å². The number of hydrogen-bond donors (Lipinski definition) is 0. The number of fused-ring (bicyclic) bond motifs is 1. The number of rotatable bonds is 7. The average molecular weight is 466 g/mol. The number of carbonyl (C=O) groups excluding carboxylic acids is 1. The number of carbonyl (C=O) groups is 1. The first-order chi connectivity index (χ1) is 15.3. The molecule has 0 unspecified atom stereocenters. The number of pyridine rings is 1. The molecule has 8 heteroatoms. The lowest BCUT2D eigenvalue weighted by atomic mass is 10.1. The highest BCUT2D eigenvalue weighted by molar-refractivity contribution is 7.91. The van der Waals surface area contributed by atoms with Gasteiger partial charge in [0.2, 0.25) is 5.91 Å². The molecule has 2 heterocycles. The van der Waals surface area contributed by atoms with E-state index in [0.29, 0.717) is 5.13 Å². The van der Waals surface area contributed by atoms with Crippen molar-refractivity contribution in [3.05, 3.63) is 83.7 Å². The van der Waals surface area contributed by atoms with E-state index in [-0.39, 0.29) is 29.5 Å². The van der Waals surface area contributed by atoms with Crippen LogP contribution in [-0.4, -0.2) is 30.0 Å². The molecular weight excluding hydrogens is 442 g/mol. The Morgan fingerprint density at radius 1 is 1.06 bits per heavy atom. The molecular formula is C24H23N3O3S2. The van der Waals surface area contributed by atoms with E-state index in [1.54, 1.807) is 47.6 Å². The van der Waals surface area contributed by atoms with Gasteiger partial charge in [0, 0.05) is 18.8 Å². The highest BCUT2D eigenvalue weighted by Crippen LogP contribution is 2.33. The normalized spacial score (nSPS) is 11.6. The summed E-state index contributed by atoms with van der Waals surface area (Å²) in [7, 11) is -3.56. The van der Waals surface area contributed by atoms with E-state index in [1.807, 2.05) is 32.0 Å². The lowest BCUT2D eigenvalue weighted by Gasteiger charge is -2.20. The lowest BCUT2D eigenvalue weighted by molar-refractivity contribution is -0.118. The van der Waals surface area contributed by atoms with Crippen LogP contribution in [0.1, 0.15) is 23.1 Å². The SMILES string of the molecule is Cc1cc(C)c2sc(N(Cc3cccnc3)C(=O)CCS(=O)(=O)c3ccccc3)nc2c1. The molecule has 4 rings (SSSR count). The summed E-state index contributed by atoms with van der Waals surface area (Å²) in [6.07, 6.45) is 3.24. The van der Waals surface area contributed by atoms with E-state index >= 15 is 0 Å². The van der Waals surface area contributed by atoms with Gasteiger partial charge in [-0.05, 0) is 54.8 Å². The molecule has 0 saturated carbocycles. The molecule has 0 spiro atoms. The molecule has 0 aliphatic carbocycles. The zero-order chi connectivity index (χ0) is 22.7. The van der Waals surface area contributed by atoms with Crippen LogP contribution in [0.2, 0.25) is 0 Å². The number of thiazole rings is 1. The molecule has 0 bridgehead atoms. The smallest absolute Gasteiger partial charge is 0.230 e. The molecule has 6 nitrogen and oxygen atoms in total. The summed E-state index contributed by atoms with van der Waals surface area (Å²) in [5.41, 5.74) is 3.89. The Balaban J connectivity index is 1.64. The third kappa shape index (κ3) is 4.87. The standard InChI is InChI=1S/C24H23N3O3S2/c1-17-13-18(2)23-21(14-17)26-24(31-23)27(16-19-7-6-11-25-15-19)22(28)10-12-32(29,30)20-8-4-3-5-9-20/h3-9,11,13-15H,10,12,16H2,1-2H3. The lowest BCUT2D eigenvalue weighted by Crippen LogP contribution is -2.31. The largest absolute Gasteiger partial charge is 0.284 e. The number of sulfone groups is 1. The Morgan fingerprint density at radius 3 is 2.56 bits per heavy atom. The molecule has 32 heavy (non-hydrogen) atoms. The summed E-state index contributed by atoms with van der Waals surface area (Å²) >= 11 is 1.44. The van der Waals surface area contributed by atoms with Gasteiger partial charge in [0.15, 0.2) is 15.0 Å². The van der Waals surface area contributed by atoms with E-state index in [4.69, 9.17) is 4.98 Å². The van der Waals surface area contributed by atoms with E-state index in [2.05, 4.69) is 11.1 Å². The fourth-order valence-electron chi connectivity index (χ4n) is 3.52. The predicted octanol–water partition coefficient (Wildman–Crippen LogP) is 4.71. The fourth-order valence-corrected chi connectivity index (χ4v) is 5.80. The molecule has 1 amide bonds. The second-order valence-electron chi connectivity index (χ2n) is 7.65. The van der Waals surface area contributed by atoms with Crippen molar-refractivity contribution in [2.75, 3.05) is 10.7 Å². The number of anilines is 1. The summed E-state index contributed by atoms with van der Waals surface area (Å²) in [6.45, 7) is 4.31. The fraction of sp³-hybridized carbons (Fsp3) is 0.208. The minimum atomic E-state index is -3.56. The minimum Gasteiger partial charge on any atom is -0.284 e. The maximum absolute atomic E-state index is 13.3. The Labute approximate surface area is 191 Å². The third-order valence-corrected chi connectivity index (χ3v) is 8.05. The average Bonchev–Trinajstić information content (AvgIpc) is 3.21. The molecule has 0 radical (unpaired) electrons. The molecule has 164 valence electrons. The zero-order valence-corrected chi connectivity index (χ0v) is 19.5. The molecule has 0 fully saturated rings. The molecule has 2 aromatic carbocycles. The number of nitrogens with zero attached hydrogens (tertiary/aromatic N) is 3. The van der Waals surface area contributed by atoms with Crippen molar-refractivity contribution in [1.29, 1.82) is 0 Å². The van der Waals surface area contributed by atoms with Crippen LogP contribution < -0.4 is 4.90 Å². The van der Waals surface area contributed by atoms with Crippen molar-refractivity contribution in [3.8, 4) is 0 Å². The number of benzene rings is 2. The van der Waals surface area contributed by atoms with Crippen molar-refractivity contribution in [2.45, 2.75) is 31.7 Å². The Morgan fingerprint density at radius 2 is 1.84 bits per heavy atom. The van der Waals surface area contributed by atoms with E-state index in [1.165, 1.54) is 11.3 Å². The van der Waals surface area contributed by atoms with Crippen molar-refractivity contribution in [2.24, 2.45) is 0 Å². The van der Waals surface area contributed by atoms with Crippen LogP contribution >= 0.6 is 11.3 Å². The van der Waals surface area contributed by atoms with E-state index in [0.717, 1.165) is 26.9 Å². The van der Waals surface area contributed by atoms with Crippen LogP contribution in [0.3, 0.4) is 0 Å². The van der Waals surface area contributed by atoms with Crippen LogP contribution in [0, 0.1) is 13.8 Å². The van der Waals surface area contributed by atoms with Crippen LogP contribution in [0.5, 0.6) is 0 Å². The molecule has 4 aromatic rings. The van der Waals surface area contributed by atoms with E-state index < -0.39 is 9.84 Å².